The lowest BCUT2D eigenvalue weighted by Crippen LogP contribution is -2.39. The molecule has 0 saturated carbocycles. The molecule has 0 bridgehead atoms. The van der Waals surface area contributed by atoms with Gasteiger partial charge < -0.3 is 9.64 Å². The number of aldehydes is 1. The predicted octanol–water partition coefficient (Wildman–Crippen LogP) is 5.22. The zero-order valence-electron chi connectivity index (χ0n) is 18.8. The Hall–Kier alpha value is -3.28. The van der Waals surface area contributed by atoms with Crippen molar-refractivity contribution < 1.29 is 13.9 Å². The zero-order chi connectivity index (χ0) is 23.0. The summed E-state index contributed by atoms with van der Waals surface area (Å²) in [6.45, 7) is 8.15. The molecule has 0 N–H and O–H groups in total. The molecular weight excluding hydrogens is 405 g/mol. The van der Waals surface area contributed by atoms with Crippen LogP contribution in [0.5, 0.6) is 0 Å². The maximum atomic E-state index is 13.2. The molecule has 5 nitrogen and oxygen atoms in total. The summed E-state index contributed by atoms with van der Waals surface area (Å²) in [4.78, 5) is 22.7. The van der Waals surface area contributed by atoms with Crippen LogP contribution < -0.4 is 4.90 Å². The molecule has 2 aromatic carbocycles. The average Bonchev–Trinajstić information content (AvgIpc) is 2.82. The molecule has 0 aliphatic carbocycles. The van der Waals surface area contributed by atoms with E-state index in [9.17, 15) is 9.18 Å². The van der Waals surface area contributed by atoms with Crippen LogP contribution in [0.2, 0.25) is 0 Å². The largest absolute Gasteiger partial charge is 0.487 e. The van der Waals surface area contributed by atoms with Crippen molar-refractivity contribution in [3.8, 4) is 0 Å². The fourth-order valence-electron chi connectivity index (χ4n) is 3.80. The minimum Gasteiger partial charge on any atom is -0.487 e. The van der Waals surface area contributed by atoms with Crippen molar-refractivity contribution in [3.63, 3.8) is 0 Å². The number of rotatable bonds is 8. The molecule has 0 aromatic heterocycles. The van der Waals surface area contributed by atoms with Gasteiger partial charge in [0.05, 0.1) is 0 Å². The lowest BCUT2D eigenvalue weighted by atomic mass is 9.77. The molecule has 168 valence electrons. The Kier molecular flexibility index (Phi) is 7.92. The van der Waals surface area contributed by atoms with Gasteiger partial charge >= 0.3 is 0 Å². The number of benzene rings is 2. The molecule has 3 rings (SSSR count). The van der Waals surface area contributed by atoms with Crippen LogP contribution in [0.25, 0.3) is 0 Å². The van der Waals surface area contributed by atoms with Gasteiger partial charge in [-0.1, -0.05) is 43.8 Å². The number of carbonyl (C=O) groups is 1. The summed E-state index contributed by atoms with van der Waals surface area (Å²) in [6, 6.07) is 16.3. The standard InChI is InChI=1S/C26H30FN3O2/c1-20(32-19-21-7-5-4-6-8-21)24(18-31)29-25(28-3)17-26(2)13-15-30(16-14-26)23-11-9-22(27)10-12-23/h4-12,18H,1,13-17,19H2,2-3H3. The number of ether oxygens (including phenoxy) is 1. The van der Waals surface area contributed by atoms with E-state index in [1.165, 1.54) is 12.1 Å². The van der Waals surface area contributed by atoms with Crippen molar-refractivity contribution in [2.45, 2.75) is 32.8 Å². The van der Waals surface area contributed by atoms with Crippen LogP contribution in [0.15, 0.2) is 76.9 Å². The third kappa shape index (κ3) is 6.36. The summed E-state index contributed by atoms with van der Waals surface area (Å²) in [7, 11) is 1.69. The van der Waals surface area contributed by atoms with Crippen molar-refractivity contribution in [2.24, 2.45) is 15.4 Å². The van der Waals surface area contributed by atoms with Crippen LogP contribution in [0.1, 0.15) is 31.7 Å². The molecule has 0 radical (unpaired) electrons. The fraction of sp³-hybridized carbons (Fsp3) is 0.346. The average molecular weight is 436 g/mol. The van der Waals surface area contributed by atoms with Crippen LogP contribution >= 0.6 is 0 Å². The number of halogens is 1. The van der Waals surface area contributed by atoms with E-state index < -0.39 is 0 Å². The van der Waals surface area contributed by atoms with Gasteiger partial charge in [-0.3, -0.25) is 9.79 Å². The van der Waals surface area contributed by atoms with E-state index in [1.807, 2.05) is 42.5 Å². The number of hydrogen-bond donors (Lipinski definition) is 0. The normalized spacial score (nSPS) is 16.5. The first-order valence-corrected chi connectivity index (χ1v) is 10.8. The van der Waals surface area contributed by atoms with E-state index in [4.69, 9.17) is 4.74 Å². The van der Waals surface area contributed by atoms with Gasteiger partial charge in [0, 0.05) is 32.2 Å². The Morgan fingerprint density at radius 1 is 1.16 bits per heavy atom. The second-order valence-electron chi connectivity index (χ2n) is 8.40. The summed E-state index contributed by atoms with van der Waals surface area (Å²) < 4.78 is 18.9. The second kappa shape index (κ2) is 10.8. The number of anilines is 1. The SMILES string of the molecule is C=C(OCc1ccccc1)C(C=O)=NC(CC1(C)CCN(c2ccc(F)cc2)CC1)=NC. The molecule has 0 atom stereocenters. The maximum Gasteiger partial charge on any atom is 0.172 e. The Labute approximate surface area is 189 Å². The molecule has 0 amide bonds. The number of piperidine rings is 1. The summed E-state index contributed by atoms with van der Waals surface area (Å²) in [5.74, 6) is 0.619. The van der Waals surface area contributed by atoms with Gasteiger partial charge in [0.15, 0.2) is 6.29 Å². The van der Waals surface area contributed by atoms with E-state index in [0.717, 1.165) is 37.2 Å². The van der Waals surface area contributed by atoms with E-state index >= 15 is 0 Å². The molecule has 1 heterocycles. The van der Waals surface area contributed by atoms with E-state index in [-0.39, 0.29) is 22.7 Å². The number of nitrogens with zero attached hydrogens (tertiary/aromatic N) is 3. The van der Waals surface area contributed by atoms with E-state index in [0.29, 0.717) is 25.1 Å². The molecule has 1 aliphatic heterocycles. The number of hydrogen-bond acceptors (Lipinski definition) is 4. The number of allylic oxidation sites excluding steroid dienone is 1. The van der Waals surface area contributed by atoms with Crippen molar-refractivity contribution in [1.82, 2.24) is 0 Å². The molecule has 1 aliphatic rings. The highest BCUT2D eigenvalue weighted by Gasteiger charge is 2.31. The quantitative estimate of drug-likeness (QED) is 0.247. The molecule has 2 aromatic rings. The summed E-state index contributed by atoms with van der Waals surface area (Å²) in [6.07, 6.45) is 3.21. The van der Waals surface area contributed by atoms with Crippen molar-refractivity contribution in [1.29, 1.82) is 0 Å². The van der Waals surface area contributed by atoms with Gasteiger partial charge in [-0.2, -0.15) is 0 Å². The lowest BCUT2D eigenvalue weighted by Gasteiger charge is -2.40. The number of carbonyl (C=O) groups excluding carboxylic acids is 1. The van der Waals surface area contributed by atoms with Gasteiger partial charge in [-0.15, -0.1) is 0 Å². The van der Waals surface area contributed by atoms with Crippen LogP contribution in [-0.2, 0) is 16.1 Å². The Morgan fingerprint density at radius 3 is 2.41 bits per heavy atom. The highest BCUT2D eigenvalue weighted by molar-refractivity contribution is 6.37. The van der Waals surface area contributed by atoms with Crippen molar-refractivity contribution >= 4 is 23.5 Å². The molecule has 1 saturated heterocycles. The molecule has 0 spiro atoms. The van der Waals surface area contributed by atoms with Gasteiger partial charge in [0.2, 0.25) is 0 Å². The Morgan fingerprint density at radius 2 is 1.81 bits per heavy atom. The Bertz CT molecular complexity index is 976. The molecular formula is C26H30FN3O2. The second-order valence-corrected chi connectivity index (χ2v) is 8.40. The molecule has 6 heteroatoms. The fourth-order valence-corrected chi connectivity index (χ4v) is 3.80. The third-order valence-electron chi connectivity index (χ3n) is 5.91. The first-order valence-electron chi connectivity index (χ1n) is 10.8. The smallest absolute Gasteiger partial charge is 0.172 e. The van der Waals surface area contributed by atoms with Crippen molar-refractivity contribution in [3.05, 3.63) is 78.3 Å². The highest BCUT2D eigenvalue weighted by Crippen LogP contribution is 2.36. The first-order chi connectivity index (χ1) is 15.4. The number of aliphatic imine (C=N–C) groups is 2. The van der Waals surface area contributed by atoms with Crippen LogP contribution in [-0.4, -0.2) is 38.0 Å². The lowest BCUT2D eigenvalue weighted by molar-refractivity contribution is -0.102. The summed E-state index contributed by atoms with van der Waals surface area (Å²) in [5.41, 5.74) is 2.19. The Balaban J connectivity index is 1.59. The topological polar surface area (TPSA) is 54.3 Å². The van der Waals surface area contributed by atoms with Gasteiger partial charge in [-0.25, -0.2) is 9.38 Å². The molecule has 32 heavy (non-hydrogen) atoms. The van der Waals surface area contributed by atoms with Gasteiger partial charge in [0.1, 0.15) is 29.7 Å². The molecule has 1 fully saturated rings. The van der Waals surface area contributed by atoms with Crippen LogP contribution in [0.4, 0.5) is 10.1 Å². The summed E-state index contributed by atoms with van der Waals surface area (Å²) >= 11 is 0. The van der Waals surface area contributed by atoms with E-state index in [1.54, 1.807) is 7.05 Å². The molecule has 0 unspecified atom stereocenters. The minimum absolute atomic E-state index is 0.00902. The van der Waals surface area contributed by atoms with E-state index in [2.05, 4.69) is 28.4 Å². The maximum absolute atomic E-state index is 13.2. The zero-order valence-corrected chi connectivity index (χ0v) is 18.8. The van der Waals surface area contributed by atoms with Crippen LogP contribution in [0.3, 0.4) is 0 Å². The predicted molar refractivity (Wildman–Crippen MR) is 128 cm³/mol. The minimum atomic E-state index is -0.224. The van der Waals surface area contributed by atoms with Gasteiger partial charge in [0.25, 0.3) is 0 Å². The van der Waals surface area contributed by atoms with Crippen molar-refractivity contribution in [2.75, 3.05) is 25.0 Å². The summed E-state index contributed by atoms with van der Waals surface area (Å²) in [5, 5.41) is 0. The van der Waals surface area contributed by atoms with Crippen LogP contribution in [0, 0.1) is 11.2 Å². The third-order valence-corrected chi connectivity index (χ3v) is 5.91. The highest BCUT2D eigenvalue weighted by atomic mass is 19.1. The first kappa shape index (κ1) is 23.4. The number of amidine groups is 1. The monoisotopic (exact) mass is 435 g/mol. The van der Waals surface area contributed by atoms with Gasteiger partial charge in [-0.05, 0) is 48.1 Å².